The van der Waals surface area contributed by atoms with Gasteiger partial charge in [0.1, 0.15) is 37.1 Å². The van der Waals surface area contributed by atoms with E-state index < -0.39 is 17.7 Å². The molecule has 4 aromatic rings. The highest BCUT2D eigenvalue weighted by Gasteiger charge is 2.46. The van der Waals surface area contributed by atoms with Crippen LogP contribution in [0.5, 0.6) is 17.2 Å². The average molecular weight is 524 g/mol. The van der Waals surface area contributed by atoms with Crippen molar-refractivity contribution in [3.05, 3.63) is 119 Å². The Morgan fingerprint density at radius 2 is 1.67 bits per heavy atom. The number of aliphatic hydroxyl groups excluding tert-OH is 1. The minimum atomic E-state index is -0.841. The molecule has 196 valence electrons. The molecule has 8 heteroatoms. The molecule has 1 aromatic heterocycles. The van der Waals surface area contributed by atoms with E-state index in [1.807, 2.05) is 30.3 Å². The standard InChI is InChI=1S/C31H25NO7/c33-29(22-10-13-25-26(17-22)38-16-15-37-25)27-28(32(31(35)30(27)34)18-24-7-4-14-36-24)21-8-11-23(12-9-21)39-19-20-5-2-1-3-6-20/h1-14,17,28,33H,15-16,18-19H2/t28-/m1/s1. The van der Waals surface area contributed by atoms with Crippen molar-refractivity contribution in [2.24, 2.45) is 0 Å². The molecule has 6 rings (SSSR count). The van der Waals surface area contributed by atoms with Crippen LogP contribution in [0.3, 0.4) is 0 Å². The van der Waals surface area contributed by atoms with Crippen LogP contribution in [-0.2, 0) is 22.7 Å². The van der Waals surface area contributed by atoms with Crippen LogP contribution in [-0.4, -0.2) is 34.9 Å². The number of ketones is 1. The fourth-order valence-electron chi connectivity index (χ4n) is 4.79. The molecule has 0 saturated carbocycles. The van der Waals surface area contributed by atoms with Crippen molar-refractivity contribution in [3.63, 3.8) is 0 Å². The van der Waals surface area contributed by atoms with Crippen molar-refractivity contribution in [1.29, 1.82) is 0 Å². The molecular weight excluding hydrogens is 498 g/mol. The number of furan rings is 1. The Bertz CT molecular complexity index is 1530. The smallest absolute Gasteiger partial charge is 0.296 e. The quantitative estimate of drug-likeness (QED) is 0.201. The number of nitrogens with zero attached hydrogens (tertiary/aromatic N) is 1. The van der Waals surface area contributed by atoms with Crippen LogP contribution in [0.1, 0.15) is 28.5 Å². The summed E-state index contributed by atoms with van der Waals surface area (Å²) in [6.07, 6.45) is 1.51. The highest BCUT2D eigenvalue weighted by Crippen LogP contribution is 2.42. The average Bonchev–Trinajstić information content (AvgIpc) is 3.59. The summed E-state index contributed by atoms with van der Waals surface area (Å²) in [5.41, 5.74) is 2.02. The van der Waals surface area contributed by atoms with Gasteiger partial charge in [-0.05, 0) is 53.6 Å². The number of benzene rings is 3. The Morgan fingerprint density at radius 3 is 2.41 bits per heavy atom. The van der Waals surface area contributed by atoms with Crippen LogP contribution in [0.25, 0.3) is 5.76 Å². The molecule has 2 aliphatic rings. The molecule has 0 radical (unpaired) electrons. The molecule has 39 heavy (non-hydrogen) atoms. The summed E-state index contributed by atoms with van der Waals surface area (Å²) >= 11 is 0. The lowest BCUT2D eigenvalue weighted by molar-refractivity contribution is -0.140. The third-order valence-electron chi connectivity index (χ3n) is 6.71. The van der Waals surface area contributed by atoms with E-state index in [1.54, 1.807) is 54.6 Å². The molecule has 0 bridgehead atoms. The van der Waals surface area contributed by atoms with Crippen molar-refractivity contribution in [2.45, 2.75) is 19.2 Å². The molecule has 3 aromatic carbocycles. The normalized spacial score (nSPS) is 17.8. The highest BCUT2D eigenvalue weighted by atomic mass is 16.6. The van der Waals surface area contributed by atoms with Crippen molar-refractivity contribution in [2.75, 3.05) is 13.2 Å². The van der Waals surface area contributed by atoms with Gasteiger partial charge in [0.25, 0.3) is 11.7 Å². The van der Waals surface area contributed by atoms with Crippen molar-refractivity contribution < 1.29 is 33.3 Å². The second-order valence-electron chi connectivity index (χ2n) is 9.21. The summed E-state index contributed by atoms with van der Waals surface area (Å²) in [5, 5.41) is 11.4. The van der Waals surface area contributed by atoms with Crippen LogP contribution in [0, 0.1) is 0 Å². The Balaban J connectivity index is 1.36. The Hall–Kier alpha value is -4.98. The van der Waals surface area contributed by atoms with Crippen LogP contribution in [0.2, 0.25) is 0 Å². The summed E-state index contributed by atoms with van der Waals surface area (Å²) < 4.78 is 22.6. The van der Waals surface area contributed by atoms with Crippen molar-refractivity contribution >= 4 is 17.4 Å². The second kappa shape index (κ2) is 10.4. The zero-order valence-electron chi connectivity index (χ0n) is 20.9. The molecule has 1 fully saturated rings. The number of hydrogen-bond donors (Lipinski definition) is 1. The lowest BCUT2D eigenvalue weighted by Gasteiger charge is -2.25. The molecular formula is C31H25NO7. The number of rotatable bonds is 7. The predicted octanol–water partition coefficient (Wildman–Crippen LogP) is 5.25. The summed E-state index contributed by atoms with van der Waals surface area (Å²) in [5.74, 6) is 0.386. The SMILES string of the molecule is O=C1C(=O)N(Cc2ccco2)[C@H](c2ccc(OCc3ccccc3)cc2)C1=C(O)c1ccc2c(c1)OCCO2. The lowest BCUT2D eigenvalue weighted by atomic mass is 9.95. The third-order valence-corrected chi connectivity index (χ3v) is 6.71. The number of hydrogen-bond acceptors (Lipinski definition) is 7. The molecule has 0 spiro atoms. The van der Waals surface area contributed by atoms with Crippen molar-refractivity contribution in [1.82, 2.24) is 4.90 Å². The Morgan fingerprint density at radius 1 is 0.897 bits per heavy atom. The molecule has 0 aliphatic carbocycles. The highest BCUT2D eigenvalue weighted by molar-refractivity contribution is 6.46. The van der Waals surface area contributed by atoms with Crippen LogP contribution in [0.15, 0.2) is 101 Å². The first-order valence-corrected chi connectivity index (χ1v) is 12.6. The zero-order chi connectivity index (χ0) is 26.8. The van der Waals surface area contributed by atoms with Crippen molar-refractivity contribution in [3.8, 4) is 17.2 Å². The van der Waals surface area contributed by atoms with E-state index in [1.165, 1.54) is 11.2 Å². The number of ether oxygens (including phenoxy) is 3. The predicted molar refractivity (Wildman–Crippen MR) is 141 cm³/mol. The minimum Gasteiger partial charge on any atom is -0.507 e. The number of carbonyl (C=O) groups is 2. The minimum absolute atomic E-state index is 0.0128. The van der Waals surface area contributed by atoms with Gasteiger partial charge in [0.15, 0.2) is 11.5 Å². The fourth-order valence-corrected chi connectivity index (χ4v) is 4.79. The number of fused-ring (bicyclic) bond motifs is 1. The van der Waals surface area contributed by atoms with Gasteiger partial charge in [-0.3, -0.25) is 9.59 Å². The van der Waals surface area contributed by atoms with Gasteiger partial charge in [-0.2, -0.15) is 0 Å². The van der Waals surface area contributed by atoms with Gasteiger partial charge in [-0.15, -0.1) is 0 Å². The molecule has 3 heterocycles. The summed E-state index contributed by atoms with van der Waals surface area (Å²) in [7, 11) is 0. The van der Waals surface area contributed by atoms with Crippen LogP contribution in [0.4, 0.5) is 0 Å². The van der Waals surface area contributed by atoms with Gasteiger partial charge in [0.2, 0.25) is 0 Å². The van der Waals surface area contributed by atoms with Gasteiger partial charge in [-0.25, -0.2) is 0 Å². The van der Waals surface area contributed by atoms with Crippen LogP contribution < -0.4 is 14.2 Å². The van der Waals surface area contributed by atoms with Gasteiger partial charge < -0.3 is 28.6 Å². The molecule has 8 nitrogen and oxygen atoms in total. The van der Waals surface area contributed by atoms with E-state index in [4.69, 9.17) is 18.6 Å². The van der Waals surface area contributed by atoms with E-state index in [0.717, 1.165) is 5.56 Å². The Kier molecular flexibility index (Phi) is 6.50. The number of carbonyl (C=O) groups excluding carboxylic acids is 2. The van der Waals surface area contributed by atoms with E-state index in [2.05, 4.69) is 0 Å². The summed E-state index contributed by atoms with van der Waals surface area (Å²) in [4.78, 5) is 28.0. The first-order chi connectivity index (χ1) is 19.1. The second-order valence-corrected chi connectivity index (χ2v) is 9.21. The van der Waals surface area contributed by atoms with E-state index >= 15 is 0 Å². The van der Waals surface area contributed by atoms with Gasteiger partial charge in [0.05, 0.1) is 24.4 Å². The Labute approximate surface area is 224 Å². The summed E-state index contributed by atoms with van der Waals surface area (Å²) in [6, 6.07) is 24.5. The molecule has 0 unspecified atom stereocenters. The number of Topliss-reactive ketones (excluding diaryl/α,β-unsaturated/α-hetero) is 1. The number of amides is 1. The molecule has 1 amide bonds. The van der Waals surface area contributed by atoms with Gasteiger partial charge >= 0.3 is 0 Å². The third kappa shape index (κ3) is 4.84. The summed E-state index contributed by atoms with van der Waals surface area (Å²) in [6.45, 7) is 1.28. The maximum absolute atomic E-state index is 13.3. The number of likely N-dealkylation sites (tertiary alicyclic amines) is 1. The molecule has 1 saturated heterocycles. The first kappa shape index (κ1) is 24.4. The number of aliphatic hydroxyl groups is 1. The first-order valence-electron chi connectivity index (χ1n) is 12.6. The van der Waals surface area contributed by atoms with E-state index in [0.29, 0.717) is 54.0 Å². The molecule has 2 aliphatic heterocycles. The maximum Gasteiger partial charge on any atom is 0.296 e. The van der Waals surface area contributed by atoms with Gasteiger partial charge in [-0.1, -0.05) is 42.5 Å². The molecule has 1 N–H and O–H groups in total. The lowest BCUT2D eigenvalue weighted by Crippen LogP contribution is -2.29. The van der Waals surface area contributed by atoms with E-state index in [9.17, 15) is 14.7 Å². The maximum atomic E-state index is 13.3. The largest absolute Gasteiger partial charge is 0.507 e. The topological polar surface area (TPSA) is 98.4 Å². The monoisotopic (exact) mass is 523 g/mol. The van der Waals surface area contributed by atoms with Gasteiger partial charge in [0, 0.05) is 5.56 Å². The van der Waals surface area contributed by atoms with E-state index in [-0.39, 0.29) is 17.9 Å². The zero-order valence-corrected chi connectivity index (χ0v) is 20.9. The van der Waals surface area contributed by atoms with Crippen LogP contribution >= 0.6 is 0 Å². The fraction of sp³-hybridized carbons (Fsp3) is 0.161. The molecule has 1 atom stereocenters.